The highest BCUT2D eigenvalue weighted by atomic mass is 16.5. The molecule has 0 N–H and O–H groups in total. The fourth-order valence-corrected chi connectivity index (χ4v) is 1.22. The van der Waals surface area contributed by atoms with Crippen molar-refractivity contribution in [3.05, 3.63) is 36.1 Å². The summed E-state index contributed by atoms with van der Waals surface area (Å²) in [5.41, 5.74) is 2.20. The van der Waals surface area contributed by atoms with Crippen molar-refractivity contribution in [1.29, 1.82) is 0 Å². The Hall–Kier alpha value is -2.17. The number of carbonyl (C=O) groups is 1. The van der Waals surface area contributed by atoms with E-state index in [-0.39, 0.29) is 0 Å². The van der Waals surface area contributed by atoms with Gasteiger partial charge in [-0.05, 0) is 31.6 Å². The second kappa shape index (κ2) is 4.14. The van der Waals surface area contributed by atoms with E-state index in [9.17, 15) is 4.79 Å². The number of carbonyl (C=O) groups excluding carboxylic acids is 1. The van der Waals surface area contributed by atoms with Crippen LogP contribution in [0.2, 0.25) is 0 Å². The van der Waals surface area contributed by atoms with Gasteiger partial charge in [0.05, 0.1) is 6.26 Å². The zero-order chi connectivity index (χ0) is 11.5. The first kappa shape index (κ1) is 10.4. The van der Waals surface area contributed by atoms with E-state index in [0.717, 1.165) is 10.3 Å². The summed E-state index contributed by atoms with van der Waals surface area (Å²) in [5.74, 6) is 0. The molecule has 0 spiro atoms. The SMILES string of the molecule is CC(C)=COC(=O)n1nnc2ccccc21. The molecule has 5 nitrogen and oxygen atoms in total. The number of fused-ring (bicyclic) bond motifs is 1. The van der Waals surface area contributed by atoms with Crippen molar-refractivity contribution in [2.24, 2.45) is 0 Å². The molecule has 0 saturated heterocycles. The first-order chi connectivity index (χ1) is 7.68. The van der Waals surface area contributed by atoms with Gasteiger partial charge in [-0.15, -0.1) is 9.78 Å². The lowest BCUT2D eigenvalue weighted by Crippen LogP contribution is -2.12. The highest BCUT2D eigenvalue weighted by Gasteiger charge is 2.11. The van der Waals surface area contributed by atoms with Gasteiger partial charge in [-0.3, -0.25) is 0 Å². The minimum absolute atomic E-state index is 0.560. The lowest BCUT2D eigenvalue weighted by atomic mass is 10.3. The van der Waals surface area contributed by atoms with E-state index in [2.05, 4.69) is 10.3 Å². The minimum atomic E-state index is -0.560. The summed E-state index contributed by atoms with van der Waals surface area (Å²) in [7, 11) is 0. The Balaban J connectivity index is 2.33. The summed E-state index contributed by atoms with van der Waals surface area (Å²) >= 11 is 0. The highest BCUT2D eigenvalue weighted by Crippen LogP contribution is 2.10. The number of hydrogen-bond donors (Lipinski definition) is 0. The Morgan fingerprint density at radius 2 is 2.12 bits per heavy atom. The van der Waals surface area contributed by atoms with Crippen LogP contribution in [0.4, 0.5) is 4.79 Å². The Kier molecular flexibility index (Phi) is 2.68. The van der Waals surface area contributed by atoms with E-state index < -0.39 is 6.09 Å². The van der Waals surface area contributed by atoms with Gasteiger partial charge in [-0.2, -0.15) is 0 Å². The number of allylic oxidation sites excluding steroid dienone is 1. The van der Waals surface area contributed by atoms with Crippen LogP contribution in [-0.2, 0) is 4.74 Å². The van der Waals surface area contributed by atoms with Gasteiger partial charge in [-0.25, -0.2) is 4.79 Å². The molecule has 0 aliphatic carbocycles. The van der Waals surface area contributed by atoms with E-state index in [4.69, 9.17) is 4.74 Å². The van der Waals surface area contributed by atoms with Gasteiger partial charge < -0.3 is 4.74 Å². The van der Waals surface area contributed by atoms with Crippen LogP contribution in [0.25, 0.3) is 11.0 Å². The smallest absolute Gasteiger partial charge is 0.417 e. The van der Waals surface area contributed by atoms with Crippen LogP contribution in [0.5, 0.6) is 0 Å². The number of aromatic nitrogens is 3. The second-order valence-corrected chi connectivity index (χ2v) is 3.57. The predicted molar refractivity (Wildman–Crippen MR) is 58.8 cm³/mol. The van der Waals surface area contributed by atoms with E-state index >= 15 is 0 Å². The molecule has 82 valence electrons. The third kappa shape index (κ3) is 1.93. The topological polar surface area (TPSA) is 57.0 Å². The quantitative estimate of drug-likeness (QED) is 0.688. The number of para-hydroxylation sites is 1. The molecule has 0 atom stereocenters. The van der Waals surface area contributed by atoms with Crippen LogP contribution < -0.4 is 0 Å². The molecule has 0 amide bonds. The van der Waals surface area contributed by atoms with Crippen molar-refractivity contribution < 1.29 is 9.53 Å². The van der Waals surface area contributed by atoms with E-state index in [1.807, 2.05) is 26.0 Å². The Morgan fingerprint density at radius 3 is 2.88 bits per heavy atom. The normalized spacial score (nSPS) is 10.1. The molecule has 5 heteroatoms. The molecule has 16 heavy (non-hydrogen) atoms. The van der Waals surface area contributed by atoms with Gasteiger partial charge in [0.1, 0.15) is 11.0 Å². The largest absolute Gasteiger partial charge is 0.441 e. The monoisotopic (exact) mass is 217 g/mol. The molecule has 2 aromatic rings. The predicted octanol–water partition coefficient (Wildman–Crippen LogP) is 2.34. The zero-order valence-corrected chi connectivity index (χ0v) is 9.04. The van der Waals surface area contributed by atoms with Crippen LogP contribution in [0.1, 0.15) is 13.8 Å². The molecule has 2 rings (SSSR count). The van der Waals surface area contributed by atoms with Crippen LogP contribution >= 0.6 is 0 Å². The lowest BCUT2D eigenvalue weighted by molar-refractivity contribution is 0.183. The molecule has 0 aliphatic heterocycles. The Morgan fingerprint density at radius 1 is 1.38 bits per heavy atom. The molecule has 0 bridgehead atoms. The van der Waals surface area contributed by atoms with Gasteiger partial charge >= 0.3 is 6.09 Å². The molecule has 1 aromatic carbocycles. The third-order valence-electron chi connectivity index (χ3n) is 1.92. The molecule has 1 aromatic heterocycles. The van der Waals surface area contributed by atoms with Crippen molar-refractivity contribution in [1.82, 2.24) is 15.0 Å². The fourth-order valence-electron chi connectivity index (χ4n) is 1.22. The maximum Gasteiger partial charge on any atom is 0.441 e. The summed E-state index contributed by atoms with van der Waals surface area (Å²) in [6, 6.07) is 7.20. The summed E-state index contributed by atoms with van der Waals surface area (Å²) < 4.78 is 6.05. The first-order valence-corrected chi connectivity index (χ1v) is 4.83. The summed E-state index contributed by atoms with van der Waals surface area (Å²) in [6.07, 6.45) is 0.827. The highest BCUT2D eigenvalue weighted by molar-refractivity contribution is 5.84. The molecule has 0 saturated carbocycles. The molecule has 0 unspecified atom stereocenters. The number of benzene rings is 1. The van der Waals surface area contributed by atoms with Gasteiger partial charge in [0.15, 0.2) is 0 Å². The minimum Gasteiger partial charge on any atom is -0.417 e. The van der Waals surface area contributed by atoms with E-state index in [1.165, 1.54) is 6.26 Å². The number of ether oxygens (including phenoxy) is 1. The second-order valence-electron chi connectivity index (χ2n) is 3.57. The third-order valence-corrected chi connectivity index (χ3v) is 1.92. The zero-order valence-electron chi connectivity index (χ0n) is 9.04. The van der Waals surface area contributed by atoms with Gasteiger partial charge in [0.2, 0.25) is 0 Å². The Bertz CT molecular complexity index is 553. The average Bonchev–Trinajstić information content (AvgIpc) is 2.69. The van der Waals surface area contributed by atoms with Crippen molar-refractivity contribution in [3.8, 4) is 0 Å². The molecule has 0 aliphatic rings. The molecular formula is C11H11N3O2. The molecular weight excluding hydrogens is 206 g/mol. The Labute approximate surface area is 92.3 Å². The van der Waals surface area contributed by atoms with Crippen LogP contribution in [0.15, 0.2) is 36.1 Å². The van der Waals surface area contributed by atoms with Gasteiger partial charge in [0, 0.05) is 0 Å². The van der Waals surface area contributed by atoms with Gasteiger partial charge in [0.25, 0.3) is 0 Å². The van der Waals surface area contributed by atoms with Gasteiger partial charge in [-0.1, -0.05) is 17.3 Å². The maximum atomic E-state index is 11.6. The van der Waals surface area contributed by atoms with E-state index in [0.29, 0.717) is 11.0 Å². The maximum absolute atomic E-state index is 11.6. The van der Waals surface area contributed by atoms with E-state index in [1.54, 1.807) is 12.1 Å². The van der Waals surface area contributed by atoms with Crippen LogP contribution in [0, 0.1) is 0 Å². The summed E-state index contributed by atoms with van der Waals surface area (Å²) in [6.45, 7) is 3.68. The lowest BCUT2D eigenvalue weighted by Gasteiger charge is -1.99. The standard InChI is InChI=1S/C11H11N3O2/c1-8(2)7-16-11(15)14-10-6-4-3-5-9(10)12-13-14/h3-7H,1-2H3. The summed E-state index contributed by atoms with van der Waals surface area (Å²) in [5, 5.41) is 7.59. The number of nitrogens with zero attached hydrogens (tertiary/aromatic N) is 3. The molecule has 0 fully saturated rings. The molecule has 0 radical (unpaired) electrons. The van der Waals surface area contributed by atoms with Crippen molar-refractivity contribution in [2.75, 3.05) is 0 Å². The summed E-state index contributed by atoms with van der Waals surface area (Å²) in [4.78, 5) is 11.6. The van der Waals surface area contributed by atoms with Crippen molar-refractivity contribution in [3.63, 3.8) is 0 Å². The average molecular weight is 217 g/mol. The van der Waals surface area contributed by atoms with Crippen molar-refractivity contribution in [2.45, 2.75) is 13.8 Å². The first-order valence-electron chi connectivity index (χ1n) is 4.83. The number of rotatable bonds is 1. The van der Waals surface area contributed by atoms with Crippen LogP contribution in [-0.4, -0.2) is 21.1 Å². The molecule has 1 heterocycles. The fraction of sp³-hybridized carbons (Fsp3) is 0.182. The number of hydrogen-bond acceptors (Lipinski definition) is 4. The van der Waals surface area contributed by atoms with Crippen molar-refractivity contribution >= 4 is 17.1 Å². The van der Waals surface area contributed by atoms with Crippen LogP contribution in [0.3, 0.4) is 0 Å².